The number of hydrogen-bond donors (Lipinski definition) is 1. The Bertz CT molecular complexity index is 408. The SMILES string of the molecule is CC(C)Cc1cccc(C2CCCC2CNC(C)C)c1. The predicted molar refractivity (Wildman–Crippen MR) is 88.2 cm³/mol. The van der Waals surface area contributed by atoms with Gasteiger partial charge in [-0.25, -0.2) is 0 Å². The highest BCUT2D eigenvalue weighted by molar-refractivity contribution is 5.28. The second-order valence-electron chi connectivity index (χ2n) is 7.20. The Morgan fingerprint density at radius 3 is 2.65 bits per heavy atom. The Labute approximate surface area is 125 Å². The molecule has 20 heavy (non-hydrogen) atoms. The van der Waals surface area contributed by atoms with Gasteiger partial charge in [0.2, 0.25) is 0 Å². The fourth-order valence-corrected chi connectivity index (χ4v) is 3.53. The van der Waals surface area contributed by atoms with Crippen molar-refractivity contribution in [3.8, 4) is 0 Å². The van der Waals surface area contributed by atoms with Crippen LogP contribution in [-0.4, -0.2) is 12.6 Å². The van der Waals surface area contributed by atoms with Gasteiger partial charge in [0.25, 0.3) is 0 Å². The maximum Gasteiger partial charge on any atom is 0.00104 e. The molecule has 2 rings (SSSR count). The highest BCUT2D eigenvalue weighted by Gasteiger charge is 2.28. The van der Waals surface area contributed by atoms with Gasteiger partial charge in [0, 0.05) is 6.04 Å². The molecule has 0 saturated heterocycles. The van der Waals surface area contributed by atoms with E-state index in [-0.39, 0.29) is 0 Å². The van der Waals surface area contributed by atoms with Crippen molar-refractivity contribution in [3.05, 3.63) is 35.4 Å². The van der Waals surface area contributed by atoms with Crippen molar-refractivity contribution in [2.45, 2.75) is 65.3 Å². The first-order valence-corrected chi connectivity index (χ1v) is 8.38. The highest BCUT2D eigenvalue weighted by Crippen LogP contribution is 2.39. The predicted octanol–water partition coefficient (Wildman–Crippen LogP) is 4.77. The molecule has 1 aliphatic carbocycles. The molecule has 0 heterocycles. The van der Waals surface area contributed by atoms with Crippen LogP contribution in [-0.2, 0) is 6.42 Å². The Hall–Kier alpha value is -0.820. The first kappa shape index (κ1) is 15.6. The summed E-state index contributed by atoms with van der Waals surface area (Å²) in [6.45, 7) is 10.3. The van der Waals surface area contributed by atoms with Crippen LogP contribution in [0, 0.1) is 11.8 Å². The van der Waals surface area contributed by atoms with E-state index in [1.165, 1.54) is 37.8 Å². The summed E-state index contributed by atoms with van der Waals surface area (Å²) in [5, 5.41) is 3.63. The Morgan fingerprint density at radius 1 is 1.15 bits per heavy atom. The normalized spacial score (nSPS) is 22.9. The van der Waals surface area contributed by atoms with Gasteiger partial charge < -0.3 is 5.32 Å². The van der Waals surface area contributed by atoms with Crippen LogP contribution in [0.2, 0.25) is 0 Å². The van der Waals surface area contributed by atoms with E-state index >= 15 is 0 Å². The van der Waals surface area contributed by atoms with Crippen molar-refractivity contribution in [1.29, 1.82) is 0 Å². The summed E-state index contributed by atoms with van der Waals surface area (Å²) in [4.78, 5) is 0. The number of rotatable bonds is 6. The largest absolute Gasteiger partial charge is 0.314 e. The minimum atomic E-state index is 0.600. The molecule has 1 N–H and O–H groups in total. The minimum absolute atomic E-state index is 0.600. The van der Waals surface area contributed by atoms with Gasteiger partial charge in [0.1, 0.15) is 0 Å². The van der Waals surface area contributed by atoms with Crippen molar-refractivity contribution >= 4 is 0 Å². The van der Waals surface area contributed by atoms with E-state index in [0.29, 0.717) is 6.04 Å². The van der Waals surface area contributed by atoms with Crippen LogP contribution in [0.15, 0.2) is 24.3 Å². The molecule has 0 bridgehead atoms. The summed E-state index contributed by atoms with van der Waals surface area (Å²) in [6.07, 6.45) is 5.35. The van der Waals surface area contributed by atoms with E-state index in [1.54, 1.807) is 5.56 Å². The average Bonchev–Trinajstić information content (AvgIpc) is 2.84. The van der Waals surface area contributed by atoms with Gasteiger partial charge >= 0.3 is 0 Å². The van der Waals surface area contributed by atoms with E-state index in [4.69, 9.17) is 0 Å². The topological polar surface area (TPSA) is 12.0 Å². The minimum Gasteiger partial charge on any atom is -0.314 e. The van der Waals surface area contributed by atoms with Crippen molar-refractivity contribution in [3.63, 3.8) is 0 Å². The third-order valence-corrected chi connectivity index (χ3v) is 4.47. The molecule has 0 radical (unpaired) electrons. The fourth-order valence-electron chi connectivity index (χ4n) is 3.53. The summed E-state index contributed by atoms with van der Waals surface area (Å²) in [5.41, 5.74) is 3.09. The quantitative estimate of drug-likeness (QED) is 0.787. The molecule has 0 spiro atoms. The second kappa shape index (κ2) is 7.26. The fraction of sp³-hybridized carbons (Fsp3) is 0.684. The van der Waals surface area contributed by atoms with Crippen molar-refractivity contribution in [2.24, 2.45) is 11.8 Å². The van der Waals surface area contributed by atoms with Gasteiger partial charge in [0.15, 0.2) is 0 Å². The zero-order chi connectivity index (χ0) is 14.5. The summed E-state index contributed by atoms with van der Waals surface area (Å²) in [7, 11) is 0. The lowest BCUT2D eigenvalue weighted by Crippen LogP contribution is -2.30. The van der Waals surface area contributed by atoms with Gasteiger partial charge in [-0.15, -0.1) is 0 Å². The summed E-state index contributed by atoms with van der Waals surface area (Å²) < 4.78 is 0. The maximum atomic E-state index is 3.63. The average molecular weight is 273 g/mol. The molecule has 112 valence electrons. The molecule has 1 fully saturated rings. The molecule has 0 aliphatic heterocycles. The van der Waals surface area contributed by atoms with Crippen LogP contribution >= 0.6 is 0 Å². The molecule has 1 aromatic rings. The van der Waals surface area contributed by atoms with Crippen molar-refractivity contribution < 1.29 is 0 Å². The third kappa shape index (κ3) is 4.34. The molecule has 1 aliphatic rings. The van der Waals surface area contributed by atoms with Gasteiger partial charge in [-0.3, -0.25) is 0 Å². The lowest BCUT2D eigenvalue weighted by molar-refractivity contribution is 0.422. The van der Waals surface area contributed by atoms with Crippen LogP contribution in [0.3, 0.4) is 0 Å². The smallest absolute Gasteiger partial charge is 0.00104 e. The van der Waals surface area contributed by atoms with Gasteiger partial charge in [-0.2, -0.15) is 0 Å². The molecule has 1 heteroatoms. The lowest BCUT2D eigenvalue weighted by atomic mass is 9.87. The number of hydrogen-bond acceptors (Lipinski definition) is 1. The Kier molecular flexibility index (Phi) is 5.65. The van der Waals surface area contributed by atoms with E-state index in [1.807, 2.05) is 0 Å². The molecule has 0 amide bonds. The standard InChI is InChI=1S/C19H31N/c1-14(2)11-16-7-5-8-17(12-16)19-10-6-9-18(19)13-20-15(3)4/h5,7-8,12,14-15,18-20H,6,9-11,13H2,1-4H3. The number of nitrogens with one attached hydrogen (secondary N) is 1. The Balaban J connectivity index is 2.05. The molecule has 0 aromatic heterocycles. The van der Waals surface area contributed by atoms with E-state index in [0.717, 1.165) is 17.8 Å². The number of benzene rings is 1. The molecular formula is C19H31N. The first-order valence-electron chi connectivity index (χ1n) is 8.38. The maximum absolute atomic E-state index is 3.63. The van der Waals surface area contributed by atoms with E-state index < -0.39 is 0 Å². The molecule has 1 saturated carbocycles. The lowest BCUT2D eigenvalue weighted by Gasteiger charge is -2.22. The molecule has 1 nitrogen and oxygen atoms in total. The summed E-state index contributed by atoms with van der Waals surface area (Å²) >= 11 is 0. The second-order valence-corrected chi connectivity index (χ2v) is 7.20. The van der Waals surface area contributed by atoms with Crippen LogP contribution in [0.1, 0.15) is 64.0 Å². The third-order valence-electron chi connectivity index (χ3n) is 4.47. The summed E-state index contributed by atoms with van der Waals surface area (Å²) in [6, 6.07) is 9.97. The van der Waals surface area contributed by atoms with Crippen molar-refractivity contribution in [2.75, 3.05) is 6.54 Å². The van der Waals surface area contributed by atoms with Crippen LogP contribution < -0.4 is 5.32 Å². The van der Waals surface area contributed by atoms with Gasteiger partial charge in [0.05, 0.1) is 0 Å². The monoisotopic (exact) mass is 273 g/mol. The van der Waals surface area contributed by atoms with Crippen LogP contribution in [0.4, 0.5) is 0 Å². The van der Waals surface area contributed by atoms with Gasteiger partial charge in [-0.1, -0.05) is 58.4 Å². The van der Waals surface area contributed by atoms with Crippen molar-refractivity contribution in [1.82, 2.24) is 5.32 Å². The zero-order valence-corrected chi connectivity index (χ0v) is 13.7. The zero-order valence-electron chi connectivity index (χ0n) is 13.7. The molecular weight excluding hydrogens is 242 g/mol. The molecule has 2 atom stereocenters. The van der Waals surface area contributed by atoms with E-state index in [9.17, 15) is 0 Å². The Morgan fingerprint density at radius 2 is 1.95 bits per heavy atom. The van der Waals surface area contributed by atoms with E-state index in [2.05, 4.69) is 57.3 Å². The first-order chi connectivity index (χ1) is 9.56. The molecule has 1 aromatic carbocycles. The van der Waals surface area contributed by atoms with Gasteiger partial charge in [-0.05, 0) is 54.7 Å². The van der Waals surface area contributed by atoms with Crippen LogP contribution in [0.5, 0.6) is 0 Å². The van der Waals surface area contributed by atoms with Crippen LogP contribution in [0.25, 0.3) is 0 Å². The molecule has 2 unspecified atom stereocenters. The summed E-state index contributed by atoms with van der Waals surface area (Å²) in [5.74, 6) is 2.34. The highest BCUT2D eigenvalue weighted by atomic mass is 14.9.